The lowest BCUT2D eigenvalue weighted by atomic mass is 9.95. The molecule has 98 valence electrons. The number of carbonyl (C=O) groups excluding carboxylic acids is 3. The van der Waals surface area contributed by atoms with Gasteiger partial charge < -0.3 is 10.1 Å². The predicted octanol–water partition coefficient (Wildman–Crippen LogP) is 1.84. The third-order valence-electron chi connectivity index (χ3n) is 1.92. The Morgan fingerprint density at radius 3 is 1.88 bits per heavy atom. The van der Waals surface area contributed by atoms with Crippen LogP contribution in [0.3, 0.4) is 0 Å². The highest BCUT2D eigenvalue weighted by atomic mass is 16.6. The van der Waals surface area contributed by atoms with Gasteiger partial charge in [-0.25, -0.2) is 4.79 Å². The molecule has 1 N–H and O–H groups in total. The van der Waals surface area contributed by atoms with Gasteiger partial charge in [-0.3, -0.25) is 9.59 Å². The van der Waals surface area contributed by atoms with Crippen LogP contribution in [0, 0.1) is 0 Å². The van der Waals surface area contributed by atoms with Crippen LogP contribution < -0.4 is 5.32 Å². The number of ketones is 2. The van der Waals surface area contributed by atoms with Crippen molar-refractivity contribution in [2.75, 3.05) is 0 Å². The summed E-state index contributed by atoms with van der Waals surface area (Å²) in [7, 11) is 0. The Labute approximate surface area is 102 Å². The summed E-state index contributed by atoms with van der Waals surface area (Å²) in [5.41, 5.74) is -1.72. The van der Waals surface area contributed by atoms with E-state index in [-0.39, 0.29) is 18.0 Å². The van der Waals surface area contributed by atoms with E-state index in [1.807, 2.05) is 0 Å². The van der Waals surface area contributed by atoms with Crippen molar-refractivity contribution in [2.24, 2.45) is 0 Å². The highest BCUT2D eigenvalue weighted by molar-refractivity contribution is 6.03. The van der Waals surface area contributed by atoms with Gasteiger partial charge in [0, 0.05) is 0 Å². The van der Waals surface area contributed by atoms with Crippen molar-refractivity contribution < 1.29 is 19.1 Å². The molecule has 0 saturated heterocycles. The molecule has 0 aliphatic carbocycles. The molecule has 0 bridgehead atoms. The minimum atomic E-state index is -1.10. The number of hydrogen-bond acceptors (Lipinski definition) is 4. The van der Waals surface area contributed by atoms with Crippen LogP contribution in [0.5, 0.6) is 0 Å². The molecule has 0 fully saturated rings. The van der Waals surface area contributed by atoms with E-state index < -0.39 is 17.2 Å². The molecule has 0 aliphatic rings. The van der Waals surface area contributed by atoms with Gasteiger partial charge in [0.25, 0.3) is 0 Å². The van der Waals surface area contributed by atoms with E-state index in [1.54, 1.807) is 34.6 Å². The first-order valence-corrected chi connectivity index (χ1v) is 5.48. The second kappa shape index (κ2) is 5.29. The standard InChI is InChI=1S/C12H21NO4/c1-8(14)7-9(15)12(5,6)13-10(16)17-11(2,3)4/h7H2,1-6H3,(H,13,16). The fourth-order valence-corrected chi connectivity index (χ4v) is 1.08. The number of rotatable bonds is 4. The summed E-state index contributed by atoms with van der Waals surface area (Å²) in [5, 5.41) is 2.46. The molecular weight excluding hydrogens is 222 g/mol. The first-order valence-electron chi connectivity index (χ1n) is 5.48. The van der Waals surface area contributed by atoms with E-state index in [0.29, 0.717) is 0 Å². The molecule has 17 heavy (non-hydrogen) atoms. The maximum Gasteiger partial charge on any atom is 0.408 e. The van der Waals surface area contributed by atoms with Crippen molar-refractivity contribution in [3.8, 4) is 0 Å². The Hall–Kier alpha value is -1.39. The summed E-state index contributed by atoms with van der Waals surface area (Å²) in [5.74, 6) is -0.565. The Morgan fingerprint density at radius 2 is 1.53 bits per heavy atom. The Morgan fingerprint density at radius 1 is 1.06 bits per heavy atom. The predicted molar refractivity (Wildman–Crippen MR) is 63.8 cm³/mol. The summed E-state index contributed by atoms with van der Waals surface area (Å²) in [6.45, 7) is 9.62. The maximum absolute atomic E-state index is 11.7. The molecule has 5 heteroatoms. The van der Waals surface area contributed by atoms with Crippen molar-refractivity contribution in [1.82, 2.24) is 5.32 Å². The molecule has 0 heterocycles. The molecule has 1 amide bonds. The zero-order valence-corrected chi connectivity index (χ0v) is 11.3. The quantitative estimate of drug-likeness (QED) is 0.765. The van der Waals surface area contributed by atoms with Crippen molar-refractivity contribution in [2.45, 2.75) is 59.1 Å². The zero-order valence-electron chi connectivity index (χ0n) is 11.3. The molecule has 0 unspecified atom stereocenters. The third kappa shape index (κ3) is 6.71. The Kier molecular flexibility index (Phi) is 4.86. The highest BCUT2D eigenvalue weighted by Gasteiger charge is 2.31. The molecule has 0 aliphatic heterocycles. The van der Waals surface area contributed by atoms with E-state index in [2.05, 4.69) is 5.32 Å². The summed E-state index contributed by atoms with van der Waals surface area (Å²) < 4.78 is 5.04. The number of alkyl carbamates (subject to hydrolysis) is 1. The van der Waals surface area contributed by atoms with Gasteiger partial charge in [-0.05, 0) is 41.5 Å². The summed E-state index contributed by atoms with van der Waals surface area (Å²) >= 11 is 0. The molecule has 0 spiro atoms. The fraction of sp³-hybridized carbons (Fsp3) is 0.750. The number of carbonyl (C=O) groups is 3. The van der Waals surface area contributed by atoms with Crippen LogP contribution in [0.2, 0.25) is 0 Å². The summed E-state index contributed by atoms with van der Waals surface area (Å²) in [6, 6.07) is 0. The molecular formula is C12H21NO4. The van der Waals surface area contributed by atoms with Gasteiger partial charge in [-0.2, -0.15) is 0 Å². The molecule has 0 radical (unpaired) electrons. The Bertz CT molecular complexity index is 326. The van der Waals surface area contributed by atoms with Gasteiger partial charge in [0.2, 0.25) is 0 Å². The van der Waals surface area contributed by atoms with Crippen LogP contribution >= 0.6 is 0 Å². The van der Waals surface area contributed by atoms with Gasteiger partial charge >= 0.3 is 6.09 Å². The Balaban J connectivity index is 4.49. The van der Waals surface area contributed by atoms with Crippen LogP contribution in [-0.4, -0.2) is 28.8 Å². The van der Waals surface area contributed by atoms with Gasteiger partial charge in [-0.15, -0.1) is 0 Å². The second-order valence-corrected chi connectivity index (χ2v) is 5.55. The zero-order chi connectivity index (χ0) is 13.9. The molecule has 0 aromatic rings. The minimum absolute atomic E-state index is 0.192. The van der Waals surface area contributed by atoms with Crippen molar-refractivity contribution in [1.29, 1.82) is 0 Å². The molecule has 0 atom stereocenters. The maximum atomic E-state index is 11.7. The molecule has 0 saturated carbocycles. The van der Waals surface area contributed by atoms with Crippen LogP contribution in [0.15, 0.2) is 0 Å². The van der Waals surface area contributed by atoms with Crippen molar-refractivity contribution in [3.05, 3.63) is 0 Å². The average molecular weight is 243 g/mol. The monoisotopic (exact) mass is 243 g/mol. The smallest absolute Gasteiger partial charge is 0.408 e. The highest BCUT2D eigenvalue weighted by Crippen LogP contribution is 2.11. The molecule has 0 aromatic carbocycles. The second-order valence-electron chi connectivity index (χ2n) is 5.55. The lowest BCUT2D eigenvalue weighted by Gasteiger charge is -2.27. The average Bonchev–Trinajstić information content (AvgIpc) is 1.96. The molecule has 0 aromatic heterocycles. The SMILES string of the molecule is CC(=O)CC(=O)C(C)(C)NC(=O)OC(C)(C)C. The van der Waals surface area contributed by atoms with Gasteiger partial charge in [0.15, 0.2) is 5.78 Å². The minimum Gasteiger partial charge on any atom is -0.444 e. The summed E-state index contributed by atoms with van der Waals surface area (Å²) in [6.07, 6.45) is -0.859. The molecule has 5 nitrogen and oxygen atoms in total. The fourth-order valence-electron chi connectivity index (χ4n) is 1.08. The van der Waals surface area contributed by atoms with Crippen LogP contribution in [0.4, 0.5) is 4.79 Å². The van der Waals surface area contributed by atoms with Gasteiger partial charge in [0.05, 0.1) is 12.0 Å². The number of nitrogens with one attached hydrogen (secondary N) is 1. The summed E-state index contributed by atoms with van der Waals surface area (Å²) in [4.78, 5) is 34.0. The first-order chi connectivity index (χ1) is 7.44. The van der Waals surface area contributed by atoms with Crippen LogP contribution in [-0.2, 0) is 14.3 Å². The van der Waals surface area contributed by atoms with Crippen LogP contribution in [0.1, 0.15) is 48.0 Å². The largest absolute Gasteiger partial charge is 0.444 e. The van der Waals surface area contributed by atoms with Gasteiger partial charge in [-0.1, -0.05) is 0 Å². The molecule has 0 rings (SSSR count). The third-order valence-corrected chi connectivity index (χ3v) is 1.92. The number of hydrogen-bond donors (Lipinski definition) is 1. The van der Waals surface area contributed by atoms with Gasteiger partial charge in [0.1, 0.15) is 11.4 Å². The van der Waals surface area contributed by atoms with E-state index >= 15 is 0 Å². The lowest BCUT2D eigenvalue weighted by molar-refractivity contribution is -0.129. The lowest BCUT2D eigenvalue weighted by Crippen LogP contribution is -2.51. The van der Waals surface area contributed by atoms with E-state index in [1.165, 1.54) is 6.92 Å². The first kappa shape index (κ1) is 15.6. The van der Waals surface area contributed by atoms with E-state index in [0.717, 1.165) is 0 Å². The normalized spacial score (nSPS) is 11.9. The number of Topliss-reactive ketones (excluding diaryl/α,β-unsaturated/α-hetero) is 2. The number of amides is 1. The van der Waals surface area contributed by atoms with Crippen molar-refractivity contribution >= 4 is 17.7 Å². The van der Waals surface area contributed by atoms with E-state index in [4.69, 9.17) is 4.74 Å². The van der Waals surface area contributed by atoms with E-state index in [9.17, 15) is 14.4 Å². The number of ether oxygens (including phenoxy) is 1. The van der Waals surface area contributed by atoms with Crippen molar-refractivity contribution in [3.63, 3.8) is 0 Å². The topological polar surface area (TPSA) is 72.5 Å². The van der Waals surface area contributed by atoms with Crippen LogP contribution in [0.25, 0.3) is 0 Å².